The zero-order valence-corrected chi connectivity index (χ0v) is 10.4. The maximum absolute atomic E-state index is 5.65. The maximum atomic E-state index is 5.65. The predicted octanol–water partition coefficient (Wildman–Crippen LogP) is 2.71. The number of benzene rings is 1. The second kappa shape index (κ2) is 4.45. The van der Waals surface area contributed by atoms with Gasteiger partial charge in [-0.15, -0.1) is 0 Å². The van der Waals surface area contributed by atoms with Crippen molar-refractivity contribution in [3.8, 4) is 11.1 Å². The number of nitrogen functional groups attached to an aromatic ring is 1. The lowest BCUT2D eigenvalue weighted by Crippen LogP contribution is -2.07. The number of nitrogens with zero attached hydrogens (tertiary/aromatic N) is 2. The van der Waals surface area contributed by atoms with Crippen molar-refractivity contribution in [2.45, 2.75) is 6.92 Å². The van der Waals surface area contributed by atoms with Crippen LogP contribution in [0.1, 0.15) is 5.56 Å². The van der Waals surface area contributed by atoms with Crippen LogP contribution in [0.4, 0.5) is 11.5 Å². The molecule has 0 radical (unpaired) electrons. The fraction of sp³-hybridized carbons (Fsp3) is 0.214. The van der Waals surface area contributed by atoms with Gasteiger partial charge in [0, 0.05) is 31.5 Å². The highest BCUT2D eigenvalue weighted by Crippen LogP contribution is 2.25. The molecule has 0 saturated heterocycles. The second-order valence-corrected chi connectivity index (χ2v) is 4.37. The summed E-state index contributed by atoms with van der Waals surface area (Å²) in [5.41, 5.74) is 10.3. The SMILES string of the molecule is Cc1cc(N)ncc1-c1ccc(N(C)C)cc1. The second-order valence-electron chi connectivity index (χ2n) is 4.37. The third-order valence-electron chi connectivity index (χ3n) is 2.83. The van der Waals surface area contributed by atoms with E-state index < -0.39 is 0 Å². The van der Waals surface area contributed by atoms with E-state index in [4.69, 9.17) is 5.73 Å². The molecule has 3 heteroatoms. The van der Waals surface area contributed by atoms with E-state index in [2.05, 4.69) is 34.1 Å². The Morgan fingerprint density at radius 1 is 1.12 bits per heavy atom. The van der Waals surface area contributed by atoms with Gasteiger partial charge >= 0.3 is 0 Å². The van der Waals surface area contributed by atoms with Crippen LogP contribution in [-0.4, -0.2) is 19.1 Å². The van der Waals surface area contributed by atoms with Crippen LogP contribution < -0.4 is 10.6 Å². The van der Waals surface area contributed by atoms with Gasteiger partial charge in [0.15, 0.2) is 0 Å². The average molecular weight is 227 g/mol. The van der Waals surface area contributed by atoms with Crippen LogP contribution in [-0.2, 0) is 0 Å². The molecule has 1 aromatic carbocycles. The van der Waals surface area contributed by atoms with Gasteiger partial charge in [-0.05, 0) is 36.2 Å². The Bertz CT molecular complexity index is 515. The molecule has 0 bridgehead atoms. The molecule has 2 N–H and O–H groups in total. The van der Waals surface area contributed by atoms with Crippen LogP contribution in [0, 0.1) is 6.92 Å². The van der Waals surface area contributed by atoms with Crippen LogP contribution in [0.3, 0.4) is 0 Å². The summed E-state index contributed by atoms with van der Waals surface area (Å²) in [7, 11) is 4.07. The first kappa shape index (κ1) is 11.5. The standard InChI is InChI=1S/C14H17N3/c1-10-8-14(15)16-9-13(10)11-4-6-12(7-5-11)17(2)3/h4-9H,1-3H3,(H2,15,16). The normalized spacial score (nSPS) is 10.3. The molecular formula is C14H17N3. The molecule has 17 heavy (non-hydrogen) atoms. The van der Waals surface area contributed by atoms with Gasteiger partial charge in [0.25, 0.3) is 0 Å². The summed E-state index contributed by atoms with van der Waals surface area (Å²) in [4.78, 5) is 6.22. The molecule has 2 aromatic rings. The summed E-state index contributed by atoms with van der Waals surface area (Å²) >= 11 is 0. The fourth-order valence-electron chi connectivity index (χ4n) is 1.82. The molecule has 3 nitrogen and oxygen atoms in total. The first-order valence-corrected chi connectivity index (χ1v) is 5.58. The summed E-state index contributed by atoms with van der Waals surface area (Å²) in [5, 5.41) is 0. The predicted molar refractivity (Wildman–Crippen MR) is 73.1 cm³/mol. The van der Waals surface area contributed by atoms with E-state index in [1.54, 1.807) is 0 Å². The van der Waals surface area contributed by atoms with Crippen molar-refractivity contribution in [2.75, 3.05) is 24.7 Å². The van der Waals surface area contributed by atoms with Gasteiger partial charge in [-0.1, -0.05) is 12.1 Å². The van der Waals surface area contributed by atoms with Gasteiger partial charge in [-0.2, -0.15) is 0 Å². The van der Waals surface area contributed by atoms with Crippen LogP contribution >= 0.6 is 0 Å². The Kier molecular flexibility index (Phi) is 3.00. The number of aromatic nitrogens is 1. The van der Waals surface area contributed by atoms with E-state index in [1.807, 2.05) is 33.3 Å². The molecule has 88 valence electrons. The van der Waals surface area contributed by atoms with Gasteiger partial charge in [-0.3, -0.25) is 0 Å². The molecule has 0 amide bonds. The van der Waals surface area contributed by atoms with Crippen molar-refractivity contribution in [3.63, 3.8) is 0 Å². The number of aryl methyl sites for hydroxylation is 1. The van der Waals surface area contributed by atoms with Crippen molar-refractivity contribution in [1.82, 2.24) is 4.98 Å². The molecule has 1 heterocycles. The molecule has 2 rings (SSSR count). The van der Waals surface area contributed by atoms with Crippen LogP contribution in [0.15, 0.2) is 36.5 Å². The average Bonchev–Trinajstić information content (AvgIpc) is 2.29. The smallest absolute Gasteiger partial charge is 0.123 e. The fourth-order valence-corrected chi connectivity index (χ4v) is 1.82. The van der Waals surface area contributed by atoms with Crippen LogP contribution in [0.2, 0.25) is 0 Å². The highest BCUT2D eigenvalue weighted by molar-refractivity contribution is 5.69. The molecule has 0 saturated carbocycles. The van der Waals surface area contributed by atoms with Gasteiger partial charge in [-0.25, -0.2) is 4.98 Å². The van der Waals surface area contributed by atoms with Gasteiger partial charge in [0.05, 0.1) is 0 Å². The summed E-state index contributed by atoms with van der Waals surface area (Å²) in [6.07, 6.45) is 1.83. The molecule has 0 aliphatic heterocycles. The lowest BCUT2D eigenvalue weighted by atomic mass is 10.0. The summed E-state index contributed by atoms with van der Waals surface area (Å²) < 4.78 is 0. The molecular weight excluding hydrogens is 210 g/mol. The number of anilines is 2. The Hall–Kier alpha value is -2.03. The Morgan fingerprint density at radius 2 is 1.76 bits per heavy atom. The van der Waals surface area contributed by atoms with E-state index in [-0.39, 0.29) is 0 Å². The lowest BCUT2D eigenvalue weighted by Gasteiger charge is -2.13. The van der Waals surface area contributed by atoms with Gasteiger partial charge < -0.3 is 10.6 Å². The third-order valence-corrected chi connectivity index (χ3v) is 2.83. The van der Waals surface area contributed by atoms with Crippen molar-refractivity contribution in [2.24, 2.45) is 0 Å². The summed E-state index contributed by atoms with van der Waals surface area (Å²) in [6, 6.07) is 10.3. The van der Waals surface area contributed by atoms with E-state index in [9.17, 15) is 0 Å². The Balaban J connectivity index is 2.40. The molecule has 0 spiro atoms. The quantitative estimate of drug-likeness (QED) is 0.857. The first-order valence-electron chi connectivity index (χ1n) is 5.58. The molecule has 0 atom stereocenters. The number of hydrogen-bond donors (Lipinski definition) is 1. The van der Waals surface area contributed by atoms with Crippen molar-refractivity contribution < 1.29 is 0 Å². The minimum absolute atomic E-state index is 0.566. The number of pyridine rings is 1. The van der Waals surface area contributed by atoms with Crippen LogP contribution in [0.5, 0.6) is 0 Å². The third kappa shape index (κ3) is 2.38. The monoisotopic (exact) mass is 227 g/mol. The Labute approximate surface area is 102 Å². The largest absolute Gasteiger partial charge is 0.384 e. The molecule has 0 unspecified atom stereocenters. The molecule has 0 aliphatic rings. The zero-order valence-electron chi connectivity index (χ0n) is 10.4. The van der Waals surface area contributed by atoms with Gasteiger partial charge in [0.2, 0.25) is 0 Å². The molecule has 0 fully saturated rings. The van der Waals surface area contributed by atoms with E-state index in [0.29, 0.717) is 5.82 Å². The number of rotatable bonds is 2. The molecule has 1 aromatic heterocycles. The van der Waals surface area contributed by atoms with Gasteiger partial charge in [0.1, 0.15) is 5.82 Å². The summed E-state index contributed by atoms with van der Waals surface area (Å²) in [5.74, 6) is 0.566. The summed E-state index contributed by atoms with van der Waals surface area (Å²) in [6.45, 7) is 2.05. The maximum Gasteiger partial charge on any atom is 0.123 e. The van der Waals surface area contributed by atoms with E-state index in [0.717, 1.165) is 11.1 Å². The number of hydrogen-bond acceptors (Lipinski definition) is 3. The minimum atomic E-state index is 0.566. The lowest BCUT2D eigenvalue weighted by molar-refractivity contribution is 1.13. The topological polar surface area (TPSA) is 42.1 Å². The first-order chi connectivity index (χ1) is 8.08. The van der Waals surface area contributed by atoms with Crippen molar-refractivity contribution in [1.29, 1.82) is 0 Å². The number of nitrogens with two attached hydrogens (primary N) is 1. The minimum Gasteiger partial charge on any atom is -0.384 e. The Morgan fingerprint density at radius 3 is 2.29 bits per heavy atom. The van der Waals surface area contributed by atoms with Crippen molar-refractivity contribution in [3.05, 3.63) is 42.1 Å². The molecule has 0 aliphatic carbocycles. The van der Waals surface area contributed by atoms with Crippen LogP contribution in [0.25, 0.3) is 11.1 Å². The van der Waals surface area contributed by atoms with E-state index in [1.165, 1.54) is 11.3 Å². The van der Waals surface area contributed by atoms with E-state index >= 15 is 0 Å². The zero-order chi connectivity index (χ0) is 12.4. The van der Waals surface area contributed by atoms with Crippen molar-refractivity contribution >= 4 is 11.5 Å². The highest BCUT2D eigenvalue weighted by atomic mass is 15.1. The highest BCUT2D eigenvalue weighted by Gasteiger charge is 2.03.